The smallest absolute Gasteiger partial charge is 0.390 e. The summed E-state index contributed by atoms with van der Waals surface area (Å²) in [5.74, 6) is -1.19. The van der Waals surface area contributed by atoms with Gasteiger partial charge in [0, 0.05) is 17.0 Å². The van der Waals surface area contributed by atoms with Gasteiger partial charge in [-0.05, 0) is 37.6 Å². The highest BCUT2D eigenvalue weighted by molar-refractivity contribution is 6.31. The van der Waals surface area contributed by atoms with Crippen LogP contribution in [0.5, 0.6) is 0 Å². The van der Waals surface area contributed by atoms with Gasteiger partial charge in [0.2, 0.25) is 5.82 Å². The van der Waals surface area contributed by atoms with Crippen molar-refractivity contribution in [3.8, 4) is 0 Å². The Morgan fingerprint density at radius 3 is 2.85 bits per heavy atom. The molecule has 1 aromatic carbocycles. The molecule has 2 N–H and O–H groups in total. The van der Waals surface area contributed by atoms with Crippen molar-refractivity contribution in [1.29, 1.82) is 0 Å². The zero-order valence-electron chi connectivity index (χ0n) is 13.6. The van der Waals surface area contributed by atoms with Crippen LogP contribution in [0.25, 0.3) is 21.9 Å². The number of alkyl halides is 3. The maximum atomic E-state index is 13.1. The highest BCUT2D eigenvalue weighted by atomic mass is 35.5. The predicted octanol–water partition coefficient (Wildman–Crippen LogP) is 3.54. The molecule has 1 fully saturated rings. The largest absolute Gasteiger partial charge is 0.451 e. The summed E-state index contributed by atoms with van der Waals surface area (Å²) >= 11 is 6.06. The summed E-state index contributed by atoms with van der Waals surface area (Å²) in [5.41, 5.74) is 1.33. The molecule has 0 bridgehead atoms. The lowest BCUT2D eigenvalue weighted by molar-refractivity contribution is -0.144. The molecular formula is C17H16ClF3N4O. The third-order valence-electron chi connectivity index (χ3n) is 4.74. The fourth-order valence-corrected chi connectivity index (χ4v) is 3.77. The van der Waals surface area contributed by atoms with E-state index in [1.54, 1.807) is 18.2 Å². The fraction of sp³-hybridized carbons (Fsp3) is 0.412. The second-order valence-corrected chi connectivity index (χ2v) is 6.87. The minimum Gasteiger partial charge on any atom is -0.390 e. The van der Waals surface area contributed by atoms with Crippen LogP contribution < -0.4 is 5.32 Å². The van der Waals surface area contributed by atoms with E-state index in [0.717, 1.165) is 13.0 Å². The highest BCUT2D eigenvalue weighted by Crippen LogP contribution is 2.36. The van der Waals surface area contributed by atoms with E-state index >= 15 is 0 Å². The predicted molar refractivity (Wildman–Crippen MR) is 92.2 cm³/mol. The van der Waals surface area contributed by atoms with Gasteiger partial charge in [-0.15, -0.1) is 0 Å². The Balaban J connectivity index is 2.01. The Kier molecular flexibility index (Phi) is 4.29. The molecule has 4 rings (SSSR count). The van der Waals surface area contributed by atoms with Crippen molar-refractivity contribution in [2.24, 2.45) is 0 Å². The Bertz CT molecular complexity index is 972. The Labute approximate surface area is 151 Å². The minimum absolute atomic E-state index is 0.189. The number of fused-ring (bicyclic) bond motifs is 3. The zero-order chi connectivity index (χ0) is 18.5. The number of aliphatic hydroxyl groups excluding tert-OH is 1. The molecule has 5 nitrogen and oxygen atoms in total. The molecule has 1 aliphatic heterocycles. The number of β-amino-alcohol motifs (C(OH)–C–C–N with tert-alkyl or cyclic N) is 1. The second-order valence-electron chi connectivity index (χ2n) is 6.44. The van der Waals surface area contributed by atoms with E-state index in [2.05, 4.69) is 15.3 Å². The zero-order valence-corrected chi connectivity index (χ0v) is 14.3. The molecule has 3 heterocycles. The van der Waals surface area contributed by atoms with Crippen molar-refractivity contribution in [2.75, 3.05) is 13.1 Å². The van der Waals surface area contributed by atoms with Crippen molar-refractivity contribution in [3.05, 3.63) is 35.2 Å². The molecule has 2 aromatic heterocycles. The first kappa shape index (κ1) is 17.5. The average Bonchev–Trinajstić information content (AvgIpc) is 2.74. The number of benzene rings is 1. The van der Waals surface area contributed by atoms with Gasteiger partial charge >= 0.3 is 6.18 Å². The number of hydrogen-bond donors (Lipinski definition) is 2. The lowest BCUT2D eigenvalue weighted by Crippen LogP contribution is -2.31. The summed E-state index contributed by atoms with van der Waals surface area (Å²) in [6, 6.07) is 4.74. The van der Waals surface area contributed by atoms with Crippen LogP contribution in [0.3, 0.4) is 0 Å². The van der Waals surface area contributed by atoms with Crippen molar-refractivity contribution in [1.82, 2.24) is 19.9 Å². The van der Waals surface area contributed by atoms with Gasteiger partial charge < -0.3 is 15.0 Å². The molecule has 3 aromatic rings. The number of nitrogens with one attached hydrogen (secondary N) is 1. The van der Waals surface area contributed by atoms with Crippen LogP contribution in [0.1, 0.15) is 24.7 Å². The number of rotatable bonds is 1. The quantitative estimate of drug-likeness (QED) is 0.673. The van der Waals surface area contributed by atoms with Gasteiger partial charge in [0.25, 0.3) is 0 Å². The lowest BCUT2D eigenvalue weighted by Gasteiger charge is -2.24. The summed E-state index contributed by atoms with van der Waals surface area (Å²) in [7, 11) is 0. The van der Waals surface area contributed by atoms with E-state index in [1.165, 1.54) is 6.20 Å². The molecule has 0 amide bonds. The van der Waals surface area contributed by atoms with Gasteiger partial charge in [-0.25, -0.2) is 9.97 Å². The topological polar surface area (TPSA) is 63.0 Å². The van der Waals surface area contributed by atoms with E-state index in [0.29, 0.717) is 34.4 Å². The minimum atomic E-state index is -4.63. The van der Waals surface area contributed by atoms with Crippen molar-refractivity contribution < 1.29 is 18.3 Å². The third kappa shape index (κ3) is 2.91. The molecule has 0 spiro atoms. The fourth-order valence-electron chi connectivity index (χ4n) is 3.60. The van der Waals surface area contributed by atoms with Gasteiger partial charge in [-0.2, -0.15) is 13.2 Å². The number of hydrogen-bond acceptors (Lipinski definition) is 4. The summed E-state index contributed by atoms with van der Waals surface area (Å²) in [6.07, 6.45) is -2.58. The van der Waals surface area contributed by atoms with Gasteiger partial charge in [0.15, 0.2) is 0 Å². The summed E-state index contributed by atoms with van der Waals surface area (Å²) in [4.78, 5) is 7.28. The average molecular weight is 385 g/mol. The molecule has 0 saturated carbocycles. The summed E-state index contributed by atoms with van der Waals surface area (Å²) in [5, 5.41) is 14.6. The lowest BCUT2D eigenvalue weighted by atomic mass is 10.1. The van der Waals surface area contributed by atoms with Crippen LogP contribution in [0, 0.1) is 0 Å². The van der Waals surface area contributed by atoms with Crippen LogP contribution in [0.4, 0.5) is 13.2 Å². The number of halogens is 4. The van der Waals surface area contributed by atoms with E-state index in [1.807, 2.05) is 4.57 Å². The first-order valence-corrected chi connectivity index (χ1v) is 8.66. The summed E-state index contributed by atoms with van der Waals surface area (Å²) < 4.78 is 41.0. The van der Waals surface area contributed by atoms with Crippen molar-refractivity contribution in [3.63, 3.8) is 0 Å². The van der Waals surface area contributed by atoms with E-state index < -0.39 is 18.1 Å². The van der Waals surface area contributed by atoms with E-state index in [9.17, 15) is 18.3 Å². The van der Waals surface area contributed by atoms with Crippen LogP contribution in [0.2, 0.25) is 5.02 Å². The molecule has 0 radical (unpaired) electrons. The number of nitrogens with zero attached hydrogens (tertiary/aromatic N) is 3. The molecule has 26 heavy (non-hydrogen) atoms. The normalized spacial score (nSPS) is 22.0. The molecule has 1 saturated heterocycles. The van der Waals surface area contributed by atoms with Crippen LogP contribution in [-0.4, -0.2) is 38.8 Å². The van der Waals surface area contributed by atoms with Gasteiger partial charge in [0.1, 0.15) is 5.52 Å². The SMILES string of the molecule is O[C@H]1CNCCC[C@@H]1n1c2ccc(Cl)cc2c2nc(C(F)(F)F)ncc21. The standard InChI is InChI=1S/C17H16ClF3N4O/c18-9-3-4-11-10(6-9)15-13(7-23-16(24-15)17(19,20)21)25(11)12-2-1-5-22-8-14(12)26/h3-4,6-7,12,14,22,26H,1-2,5,8H2/t12-,14-/m0/s1. The van der Waals surface area contributed by atoms with Crippen LogP contribution >= 0.6 is 11.6 Å². The molecule has 9 heteroatoms. The Morgan fingerprint density at radius 1 is 1.27 bits per heavy atom. The first-order valence-electron chi connectivity index (χ1n) is 8.28. The first-order chi connectivity index (χ1) is 12.4. The van der Waals surface area contributed by atoms with Gasteiger partial charge in [0.05, 0.1) is 29.4 Å². The Morgan fingerprint density at radius 2 is 2.08 bits per heavy atom. The van der Waals surface area contributed by atoms with Gasteiger partial charge in [-0.3, -0.25) is 0 Å². The Hall–Kier alpha value is -1.90. The maximum Gasteiger partial charge on any atom is 0.451 e. The second kappa shape index (κ2) is 6.37. The summed E-state index contributed by atoms with van der Waals surface area (Å²) in [6.45, 7) is 1.20. The van der Waals surface area contributed by atoms with E-state index in [-0.39, 0.29) is 11.6 Å². The molecule has 0 aliphatic carbocycles. The van der Waals surface area contributed by atoms with Crippen molar-refractivity contribution in [2.45, 2.75) is 31.2 Å². The maximum absolute atomic E-state index is 13.1. The monoisotopic (exact) mass is 384 g/mol. The molecule has 0 unspecified atom stereocenters. The highest BCUT2D eigenvalue weighted by Gasteiger charge is 2.36. The number of aromatic nitrogens is 3. The molecular weight excluding hydrogens is 369 g/mol. The van der Waals surface area contributed by atoms with Gasteiger partial charge in [-0.1, -0.05) is 11.6 Å². The van der Waals surface area contributed by atoms with Crippen molar-refractivity contribution >= 4 is 33.5 Å². The molecule has 138 valence electrons. The van der Waals surface area contributed by atoms with Crippen LogP contribution in [-0.2, 0) is 6.18 Å². The molecule has 1 aliphatic rings. The number of aliphatic hydroxyl groups is 1. The third-order valence-corrected chi connectivity index (χ3v) is 4.97. The molecule has 2 atom stereocenters. The van der Waals surface area contributed by atoms with E-state index in [4.69, 9.17) is 11.6 Å². The van der Waals surface area contributed by atoms with Crippen LogP contribution in [0.15, 0.2) is 24.4 Å².